The maximum atomic E-state index is 6.08. The predicted molar refractivity (Wildman–Crippen MR) is 116 cm³/mol. The van der Waals surface area contributed by atoms with Crippen molar-refractivity contribution in [2.24, 2.45) is 5.92 Å². The number of unbranched alkanes of at least 4 members (excludes halogenated alkanes) is 1. The highest BCUT2D eigenvalue weighted by molar-refractivity contribution is 5.72. The summed E-state index contributed by atoms with van der Waals surface area (Å²) >= 11 is 0. The van der Waals surface area contributed by atoms with Crippen LogP contribution in [0.3, 0.4) is 0 Å². The molecule has 1 aliphatic heterocycles. The molecule has 0 radical (unpaired) electrons. The molecule has 0 aromatic heterocycles. The third kappa shape index (κ3) is 6.55. The summed E-state index contributed by atoms with van der Waals surface area (Å²) < 4.78 is 6.08. The fourth-order valence-corrected chi connectivity index (χ4v) is 3.74. The van der Waals surface area contributed by atoms with E-state index in [0.29, 0.717) is 0 Å². The van der Waals surface area contributed by atoms with Gasteiger partial charge in [0.2, 0.25) is 0 Å². The Hall–Kier alpha value is -2.06. The van der Waals surface area contributed by atoms with E-state index >= 15 is 0 Å². The van der Waals surface area contributed by atoms with E-state index in [9.17, 15) is 0 Å². The van der Waals surface area contributed by atoms with E-state index in [1.54, 1.807) is 0 Å². The van der Waals surface area contributed by atoms with Crippen molar-refractivity contribution < 1.29 is 4.74 Å². The molecule has 0 unspecified atom stereocenters. The van der Waals surface area contributed by atoms with Gasteiger partial charge in [0, 0.05) is 5.56 Å². The molecule has 2 aromatic rings. The summed E-state index contributed by atoms with van der Waals surface area (Å²) in [6, 6.07) is 18.7. The average molecular weight is 364 g/mol. The van der Waals surface area contributed by atoms with Crippen molar-refractivity contribution in [3.8, 4) is 5.75 Å². The summed E-state index contributed by atoms with van der Waals surface area (Å²) in [5.41, 5.74) is 2.35. The Morgan fingerprint density at radius 3 is 2.44 bits per heavy atom. The normalized spacial score (nSPS) is 16.0. The largest absolute Gasteiger partial charge is 0.493 e. The highest BCUT2D eigenvalue weighted by Crippen LogP contribution is 2.22. The van der Waals surface area contributed by atoms with E-state index in [1.807, 2.05) is 12.1 Å². The molecule has 1 heterocycles. The van der Waals surface area contributed by atoms with Crippen molar-refractivity contribution in [3.05, 3.63) is 65.7 Å². The number of ether oxygens (including phenoxy) is 1. The van der Waals surface area contributed by atoms with Crippen molar-refractivity contribution in [2.75, 3.05) is 26.2 Å². The molecule has 2 heteroatoms. The predicted octanol–water partition coefficient (Wildman–Crippen LogP) is 6.14. The Bertz CT molecular complexity index is 686. The number of piperidine rings is 1. The molecule has 1 fully saturated rings. The van der Waals surface area contributed by atoms with Gasteiger partial charge in [-0.1, -0.05) is 74.0 Å². The summed E-state index contributed by atoms with van der Waals surface area (Å²) in [5.74, 6) is 1.94. The summed E-state index contributed by atoms with van der Waals surface area (Å²) in [7, 11) is 0. The van der Waals surface area contributed by atoms with Crippen LogP contribution in [-0.4, -0.2) is 31.1 Å². The van der Waals surface area contributed by atoms with Crippen LogP contribution >= 0.6 is 0 Å². The van der Waals surface area contributed by atoms with Gasteiger partial charge in [0.15, 0.2) is 0 Å². The van der Waals surface area contributed by atoms with Crippen LogP contribution in [0.25, 0.3) is 12.2 Å². The van der Waals surface area contributed by atoms with Crippen molar-refractivity contribution >= 4 is 12.2 Å². The molecule has 0 atom stereocenters. The maximum absolute atomic E-state index is 6.08. The third-order valence-electron chi connectivity index (χ3n) is 5.58. The number of hydrogen-bond acceptors (Lipinski definition) is 2. The first kappa shape index (κ1) is 19.7. The summed E-state index contributed by atoms with van der Waals surface area (Å²) in [5, 5.41) is 0. The van der Waals surface area contributed by atoms with Crippen molar-refractivity contribution in [1.29, 1.82) is 0 Å². The number of likely N-dealkylation sites (tertiary alicyclic amines) is 1. The second kappa shape index (κ2) is 10.9. The van der Waals surface area contributed by atoms with Gasteiger partial charge in [-0.3, -0.25) is 0 Å². The van der Waals surface area contributed by atoms with Gasteiger partial charge in [-0.05, 0) is 62.9 Å². The first-order chi connectivity index (χ1) is 13.3. The average Bonchev–Trinajstić information content (AvgIpc) is 2.74. The Morgan fingerprint density at radius 1 is 0.926 bits per heavy atom. The molecule has 0 bridgehead atoms. The highest BCUT2D eigenvalue weighted by Gasteiger charge is 2.16. The van der Waals surface area contributed by atoms with Crippen molar-refractivity contribution in [1.82, 2.24) is 4.90 Å². The maximum Gasteiger partial charge on any atom is 0.126 e. The molecular weight excluding hydrogens is 330 g/mol. The van der Waals surface area contributed by atoms with Gasteiger partial charge in [0.1, 0.15) is 5.75 Å². The minimum Gasteiger partial charge on any atom is -0.493 e. The van der Waals surface area contributed by atoms with Crippen molar-refractivity contribution in [3.63, 3.8) is 0 Å². The molecule has 0 aliphatic carbocycles. The molecular formula is C25H33NO. The van der Waals surface area contributed by atoms with E-state index in [2.05, 4.69) is 66.4 Å². The first-order valence-electron chi connectivity index (χ1n) is 10.5. The van der Waals surface area contributed by atoms with Crippen LogP contribution in [0.5, 0.6) is 5.75 Å². The second-order valence-corrected chi connectivity index (χ2v) is 7.53. The van der Waals surface area contributed by atoms with Gasteiger partial charge in [-0.25, -0.2) is 0 Å². The lowest BCUT2D eigenvalue weighted by molar-refractivity contribution is 0.175. The van der Waals surface area contributed by atoms with E-state index in [4.69, 9.17) is 4.74 Å². The lowest BCUT2D eigenvalue weighted by Crippen LogP contribution is -2.34. The number of para-hydroxylation sites is 1. The van der Waals surface area contributed by atoms with Gasteiger partial charge in [0.25, 0.3) is 0 Å². The Kier molecular flexibility index (Phi) is 7.98. The summed E-state index contributed by atoms with van der Waals surface area (Å²) in [6.45, 7) is 6.90. The summed E-state index contributed by atoms with van der Waals surface area (Å²) in [4.78, 5) is 2.63. The quantitative estimate of drug-likeness (QED) is 0.392. The Morgan fingerprint density at radius 2 is 1.67 bits per heavy atom. The van der Waals surface area contributed by atoms with E-state index < -0.39 is 0 Å². The van der Waals surface area contributed by atoms with Crippen LogP contribution in [0.1, 0.15) is 50.2 Å². The zero-order valence-corrected chi connectivity index (χ0v) is 16.6. The molecule has 1 aliphatic rings. The van der Waals surface area contributed by atoms with E-state index in [1.165, 1.54) is 50.9 Å². The molecule has 0 amide bonds. The van der Waals surface area contributed by atoms with Crippen molar-refractivity contribution in [2.45, 2.75) is 39.0 Å². The second-order valence-electron chi connectivity index (χ2n) is 7.53. The fraction of sp³-hybridized carbons (Fsp3) is 0.440. The standard InChI is InChI=1S/C25H33NO/c1-2-22-16-19-26(20-17-22)18-8-9-21-27-25-13-7-6-12-24(25)15-14-23-10-4-3-5-11-23/h3-7,10-15,22H,2,8-9,16-21H2,1H3. The van der Waals surface area contributed by atoms with E-state index in [-0.39, 0.29) is 0 Å². The highest BCUT2D eigenvalue weighted by atomic mass is 16.5. The number of benzene rings is 2. The number of nitrogens with zero attached hydrogens (tertiary/aromatic N) is 1. The lowest BCUT2D eigenvalue weighted by Gasteiger charge is -2.31. The van der Waals surface area contributed by atoms with Crippen LogP contribution < -0.4 is 4.74 Å². The van der Waals surface area contributed by atoms with Gasteiger partial charge in [-0.15, -0.1) is 0 Å². The Labute approximate surface area is 164 Å². The summed E-state index contributed by atoms with van der Waals surface area (Å²) in [6.07, 6.45) is 10.7. The SMILES string of the molecule is CCC1CCN(CCCCOc2ccccc2C=Cc2ccccc2)CC1. The molecule has 3 rings (SSSR count). The smallest absolute Gasteiger partial charge is 0.126 e. The van der Waals surface area contributed by atoms with Gasteiger partial charge < -0.3 is 9.64 Å². The molecule has 0 spiro atoms. The molecule has 144 valence electrons. The fourth-order valence-electron chi connectivity index (χ4n) is 3.74. The monoisotopic (exact) mass is 363 g/mol. The van der Waals surface area contributed by atoms with Crippen LogP contribution in [0.2, 0.25) is 0 Å². The molecule has 2 nitrogen and oxygen atoms in total. The first-order valence-corrected chi connectivity index (χ1v) is 10.5. The van der Waals surface area contributed by atoms with E-state index in [0.717, 1.165) is 30.3 Å². The van der Waals surface area contributed by atoms with Crippen LogP contribution in [0.4, 0.5) is 0 Å². The third-order valence-corrected chi connectivity index (χ3v) is 5.58. The topological polar surface area (TPSA) is 12.5 Å². The molecule has 0 N–H and O–H groups in total. The van der Waals surface area contributed by atoms with Crippen LogP contribution in [0, 0.1) is 5.92 Å². The zero-order chi connectivity index (χ0) is 18.7. The minimum atomic E-state index is 0.793. The lowest BCUT2D eigenvalue weighted by atomic mass is 9.94. The number of hydrogen-bond donors (Lipinski definition) is 0. The minimum absolute atomic E-state index is 0.793. The Balaban J connectivity index is 1.40. The van der Waals surface area contributed by atoms with Gasteiger partial charge in [-0.2, -0.15) is 0 Å². The molecule has 2 aromatic carbocycles. The molecule has 0 saturated carbocycles. The molecule has 27 heavy (non-hydrogen) atoms. The molecule has 1 saturated heterocycles. The number of rotatable bonds is 9. The zero-order valence-electron chi connectivity index (χ0n) is 16.6. The van der Waals surface area contributed by atoms with Gasteiger partial charge >= 0.3 is 0 Å². The van der Waals surface area contributed by atoms with Crippen LogP contribution in [-0.2, 0) is 0 Å². The van der Waals surface area contributed by atoms with Gasteiger partial charge in [0.05, 0.1) is 6.61 Å². The van der Waals surface area contributed by atoms with Crippen LogP contribution in [0.15, 0.2) is 54.6 Å².